The Kier molecular flexibility index (Phi) is 12.0. The molecule has 7 heteroatoms. The van der Waals surface area contributed by atoms with Gasteiger partial charge in [0.15, 0.2) is 5.96 Å². The van der Waals surface area contributed by atoms with Gasteiger partial charge in [0.2, 0.25) is 0 Å². The highest BCUT2D eigenvalue weighted by Gasteiger charge is 1.99. The molecule has 0 fully saturated rings. The Morgan fingerprint density at radius 2 is 1.96 bits per heavy atom. The van der Waals surface area contributed by atoms with Crippen LogP contribution >= 0.6 is 24.0 Å². The Morgan fingerprint density at radius 3 is 2.70 bits per heavy atom. The van der Waals surface area contributed by atoms with Crippen molar-refractivity contribution in [3.8, 4) is 11.5 Å². The molecule has 0 saturated carbocycles. The lowest BCUT2D eigenvalue weighted by Gasteiger charge is -2.11. The number of aliphatic imine (C=N–C) groups is 1. The first-order valence-corrected chi connectivity index (χ1v) is 9.00. The standard InChI is InChI=1S/C20H28N4O2.HI/c1-3-21-20(24-14-11-17-8-4-5-12-22-17)23-13-7-15-26-19-10-6-9-18(16-19)25-2;/h4-6,8-10,12,16H,3,7,11,13-15H2,1-2H3,(H2,21,23,24);1H. The maximum Gasteiger partial charge on any atom is 0.191 e. The Balaban J connectivity index is 0.00000364. The molecule has 27 heavy (non-hydrogen) atoms. The second-order valence-corrected chi connectivity index (χ2v) is 5.64. The number of hydrogen-bond donors (Lipinski definition) is 2. The van der Waals surface area contributed by atoms with Crippen molar-refractivity contribution in [2.24, 2.45) is 4.99 Å². The lowest BCUT2D eigenvalue weighted by molar-refractivity contribution is 0.311. The van der Waals surface area contributed by atoms with E-state index >= 15 is 0 Å². The summed E-state index contributed by atoms with van der Waals surface area (Å²) in [6.45, 7) is 4.99. The van der Waals surface area contributed by atoms with E-state index in [1.165, 1.54) is 0 Å². The Hall–Kier alpha value is -2.03. The average molecular weight is 484 g/mol. The molecule has 1 aromatic heterocycles. The summed E-state index contributed by atoms with van der Waals surface area (Å²) in [6.07, 6.45) is 3.52. The molecular formula is C20H29IN4O2. The Morgan fingerprint density at radius 1 is 1.11 bits per heavy atom. The van der Waals surface area contributed by atoms with Gasteiger partial charge in [-0.1, -0.05) is 12.1 Å². The summed E-state index contributed by atoms with van der Waals surface area (Å²) in [5.74, 6) is 2.44. The second kappa shape index (κ2) is 14.1. The van der Waals surface area contributed by atoms with Gasteiger partial charge in [0.25, 0.3) is 0 Å². The third-order valence-electron chi connectivity index (χ3n) is 3.63. The number of methoxy groups -OCH3 is 1. The van der Waals surface area contributed by atoms with Gasteiger partial charge in [-0.2, -0.15) is 0 Å². The molecule has 2 rings (SSSR count). The van der Waals surface area contributed by atoms with E-state index in [4.69, 9.17) is 9.47 Å². The highest BCUT2D eigenvalue weighted by molar-refractivity contribution is 14.0. The minimum Gasteiger partial charge on any atom is -0.497 e. The van der Waals surface area contributed by atoms with E-state index < -0.39 is 0 Å². The Labute approximate surface area is 178 Å². The van der Waals surface area contributed by atoms with Gasteiger partial charge in [0.05, 0.1) is 13.7 Å². The van der Waals surface area contributed by atoms with Gasteiger partial charge in [0, 0.05) is 50.4 Å². The number of aromatic nitrogens is 1. The number of pyridine rings is 1. The molecule has 148 valence electrons. The van der Waals surface area contributed by atoms with E-state index in [0.29, 0.717) is 13.2 Å². The van der Waals surface area contributed by atoms with E-state index in [-0.39, 0.29) is 24.0 Å². The van der Waals surface area contributed by atoms with E-state index in [0.717, 1.165) is 49.1 Å². The molecule has 0 atom stereocenters. The fraction of sp³-hybridized carbons (Fsp3) is 0.400. The first-order valence-electron chi connectivity index (χ1n) is 9.00. The van der Waals surface area contributed by atoms with Crippen molar-refractivity contribution in [2.75, 3.05) is 33.4 Å². The van der Waals surface area contributed by atoms with Crippen molar-refractivity contribution >= 4 is 29.9 Å². The number of benzene rings is 1. The summed E-state index contributed by atoms with van der Waals surface area (Å²) in [7, 11) is 1.65. The van der Waals surface area contributed by atoms with Crippen molar-refractivity contribution in [2.45, 2.75) is 19.8 Å². The van der Waals surface area contributed by atoms with Crippen LogP contribution < -0.4 is 20.1 Å². The zero-order valence-corrected chi connectivity index (χ0v) is 18.3. The molecule has 0 bridgehead atoms. The van der Waals surface area contributed by atoms with E-state index in [9.17, 15) is 0 Å². The van der Waals surface area contributed by atoms with Gasteiger partial charge < -0.3 is 20.1 Å². The van der Waals surface area contributed by atoms with Crippen LogP contribution in [0.15, 0.2) is 53.7 Å². The Bertz CT molecular complexity index is 668. The number of halogens is 1. The number of hydrogen-bond acceptors (Lipinski definition) is 4. The molecule has 0 aliphatic rings. The van der Waals surface area contributed by atoms with Crippen LogP contribution in [0.25, 0.3) is 0 Å². The predicted molar refractivity (Wildman–Crippen MR) is 120 cm³/mol. The van der Waals surface area contributed by atoms with Gasteiger partial charge in [0.1, 0.15) is 11.5 Å². The van der Waals surface area contributed by atoms with Gasteiger partial charge in [-0.25, -0.2) is 0 Å². The summed E-state index contributed by atoms with van der Waals surface area (Å²) in [5.41, 5.74) is 1.07. The van der Waals surface area contributed by atoms with Crippen molar-refractivity contribution in [1.29, 1.82) is 0 Å². The fourth-order valence-electron chi connectivity index (χ4n) is 2.33. The van der Waals surface area contributed by atoms with Gasteiger partial charge in [-0.15, -0.1) is 24.0 Å². The molecule has 0 radical (unpaired) electrons. The molecule has 0 spiro atoms. The monoisotopic (exact) mass is 484 g/mol. The first kappa shape index (κ1) is 23.0. The summed E-state index contributed by atoms with van der Waals surface area (Å²) < 4.78 is 10.9. The zero-order valence-electron chi connectivity index (χ0n) is 16.0. The summed E-state index contributed by atoms with van der Waals surface area (Å²) in [5, 5.41) is 6.59. The quantitative estimate of drug-likeness (QED) is 0.235. The topological polar surface area (TPSA) is 67.8 Å². The first-order chi connectivity index (χ1) is 12.8. The number of nitrogens with one attached hydrogen (secondary N) is 2. The minimum absolute atomic E-state index is 0. The second-order valence-electron chi connectivity index (χ2n) is 5.64. The zero-order chi connectivity index (χ0) is 18.5. The molecule has 6 nitrogen and oxygen atoms in total. The fourth-order valence-corrected chi connectivity index (χ4v) is 2.33. The third-order valence-corrected chi connectivity index (χ3v) is 3.63. The molecule has 1 heterocycles. The molecular weight excluding hydrogens is 455 g/mol. The molecule has 2 aromatic rings. The predicted octanol–water partition coefficient (Wildman–Crippen LogP) is 3.27. The van der Waals surface area contributed by atoms with Gasteiger partial charge in [-0.3, -0.25) is 9.98 Å². The molecule has 1 aromatic carbocycles. The third kappa shape index (κ3) is 9.46. The number of ether oxygens (including phenoxy) is 2. The number of guanidine groups is 1. The van der Waals surface area contributed by atoms with E-state index in [1.54, 1.807) is 7.11 Å². The van der Waals surface area contributed by atoms with Crippen molar-refractivity contribution in [3.63, 3.8) is 0 Å². The van der Waals surface area contributed by atoms with Crippen LogP contribution in [-0.2, 0) is 6.42 Å². The van der Waals surface area contributed by atoms with Crippen molar-refractivity contribution in [3.05, 3.63) is 54.4 Å². The number of nitrogens with zero attached hydrogens (tertiary/aromatic N) is 2. The lowest BCUT2D eigenvalue weighted by atomic mass is 10.3. The summed E-state index contributed by atoms with van der Waals surface area (Å²) in [4.78, 5) is 8.90. The highest BCUT2D eigenvalue weighted by atomic mass is 127. The molecule has 0 aliphatic carbocycles. The lowest BCUT2D eigenvalue weighted by Crippen LogP contribution is -2.38. The average Bonchev–Trinajstić information content (AvgIpc) is 2.68. The number of rotatable bonds is 10. The molecule has 0 amide bonds. The molecule has 2 N–H and O–H groups in total. The van der Waals surface area contributed by atoms with Crippen LogP contribution in [0.4, 0.5) is 0 Å². The summed E-state index contributed by atoms with van der Waals surface area (Å²) >= 11 is 0. The molecule has 0 unspecified atom stereocenters. The van der Waals surface area contributed by atoms with E-state index in [2.05, 4.69) is 27.5 Å². The minimum atomic E-state index is 0. The molecule has 0 aliphatic heterocycles. The van der Waals surface area contributed by atoms with Crippen LogP contribution in [0, 0.1) is 0 Å². The SMILES string of the molecule is CCNC(=NCCCOc1cccc(OC)c1)NCCc1ccccn1.I. The highest BCUT2D eigenvalue weighted by Crippen LogP contribution is 2.18. The van der Waals surface area contributed by atoms with Gasteiger partial charge >= 0.3 is 0 Å². The maximum absolute atomic E-state index is 5.73. The van der Waals surface area contributed by atoms with Crippen LogP contribution in [0.3, 0.4) is 0 Å². The maximum atomic E-state index is 5.73. The smallest absolute Gasteiger partial charge is 0.191 e. The van der Waals surface area contributed by atoms with E-state index in [1.807, 2.05) is 48.7 Å². The normalized spacial score (nSPS) is 10.7. The van der Waals surface area contributed by atoms with Crippen LogP contribution in [0.5, 0.6) is 11.5 Å². The molecule has 0 saturated heterocycles. The van der Waals surface area contributed by atoms with Gasteiger partial charge in [-0.05, 0) is 31.2 Å². The van der Waals surface area contributed by atoms with Crippen molar-refractivity contribution in [1.82, 2.24) is 15.6 Å². The van der Waals surface area contributed by atoms with Crippen LogP contribution in [0.1, 0.15) is 19.0 Å². The summed E-state index contributed by atoms with van der Waals surface area (Å²) in [6, 6.07) is 13.6. The van der Waals surface area contributed by atoms with Crippen LogP contribution in [0.2, 0.25) is 0 Å². The largest absolute Gasteiger partial charge is 0.497 e. The van der Waals surface area contributed by atoms with Crippen molar-refractivity contribution < 1.29 is 9.47 Å². The van der Waals surface area contributed by atoms with Crippen LogP contribution in [-0.4, -0.2) is 44.3 Å².